The third-order valence-corrected chi connectivity index (χ3v) is 9.07. The zero-order chi connectivity index (χ0) is 31.9. The fourth-order valence-corrected chi connectivity index (χ4v) is 6.83. The van der Waals surface area contributed by atoms with Crippen molar-refractivity contribution in [3.05, 3.63) is 36.2 Å². The molecule has 240 valence electrons. The van der Waals surface area contributed by atoms with E-state index < -0.39 is 52.4 Å². The topological polar surface area (TPSA) is 274 Å². The Labute approximate surface area is 254 Å². The van der Waals surface area contributed by atoms with Crippen molar-refractivity contribution in [2.45, 2.75) is 56.2 Å². The van der Waals surface area contributed by atoms with Crippen LogP contribution < -0.4 is 26.8 Å². The lowest BCUT2D eigenvalue weighted by Crippen LogP contribution is -2.59. The lowest BCUT2D eigenvalue weighted by atomic mass is 9.90. The Morgan fingerprint density at radius 1 is 1.09 bits per heavy atom. The van der Waals surface area contributed by atoms with Crippen molar-refractivity contribution in [1.29, 1.82) is 10.8 Å². The van der Waals surface area contributed by atoms with Gasteiger partial charge in [-0.25, -0.2) is 13.1 Å². The van der Waals surface area contributed by atoms with E-state index >= 15 is 0 Å². The minimum absolute atomic E-state index is 0.0421. The van der Waals surface area contributed by atoms with Crippen molar-refractivity contribution in [1.82, 2.24) is 45.4 Å². The predicted molar refractivity (Wildman–Crippen MR) is 158 cm³/mol. The number of aliphatic hydroxyl groups is 1. The summed E-state index contributed by atoms with van der Waals surface area (Å²) in [5.41, 5.74) is 11.9. The highest BCUT2D eigenvalue weighted by Crippen LogP contribution is 2.23. The first-order valence-electron chi connectivity index (χ1n) is 14.2. The van der Waals surface area contributed by atoms with Crippen LogP contribution in [0.3, 0.4) is 0 Å². The zero-order valence-corrected chi connectivity index (χ0v) is 24.9. The summed E-state index contributed by atoms with van der Waals surface area (Å²) in [5.74, 6) is -2.13. The highest BCUT2D eigenvalue weighted by molar-refractivity contribution is 7.88. The van der Waals surface area contributed by atoms with Crippen molar-refractivity contribution in [2.24, 2.45) is 17.4 Å². The molecular formula is C25H39N13O5S. The molecule has 3 heterocycles. The van der Waals surface area contributed by atoms with Gasteiger partial charge in [0.2, 0.25) is 21.8 Å². The molecule has 10 N–H and O–H groups in total. The maximum atomic E-state index is 13.4. The van der Waals surface area contributed by atoms with Crippen molar-refractivity contribution >= 4 is 33.8 Å². The third-order valence-electron chi connectivity index (χ3n) is 7.74. The number of likely N-dealkylation sites (tertiary alicyclic amines) is 2. The van der Waals surface area contributed by atoms with E-state index in [0.29, 0.717) is 56.6 Å². The van der Waals surface area contributed by atoms with Crippen LogP contribution in [0.1, 0.15) is 37.7 Å². The second kappa shape index (κ2) is 14.4. The van der Waals surface area contributed by atoms with Gasteiger partial charge in [-0.05, 0) is 54.9 Å². The number of sulfonamides is 1. The molecule has 4 rings (SSSR count). The number of para-hydroxylation sites is 1. The molecular weight excluding hydrogens is 594 g/mol. The summed E-state index contributed by atoms with van der Waals surface area (Å²) in [5, 5.41) is 42.4. The van der Waals surface area contributed by atoms with Crippen molar-refractivity contribution in [3.8, 4) is 5.69 Å². The Balaban J connectivity index is 1.43. The smallest absolute Gasteiger partial charge is 0.239 e. The minimum Gasteiger partial charge on any atom is -0.371 e. The number of nitrogens with zero attached hydrogens (tertiary/aromatic N) is 6. The minimum atomic E-state index is -4.09. The average molecular weight is 634 g/mol. The van der Waals surface area contributed by atoms with Crippen molar-refractivity contribution in [2.75, 3.05) is 26.2 Å². The number of nitrogens with two attached hydrogens (primary N) is 2. The molecule has 2 amide bonds. The number of hydrogen-bond donors (Lipinski definition) is 8. The van der Waals surface area contributed by atoms with Crippen LogP contribution in [0.4, 0.5) is 0 Å². The Morgan fingerprint density at radius 3 is 2.48 bits per heavy atom. The first-order chi connectivity index (χ1) is 20.9. The predicted octanol–water partition coefficient (Wildman–Crippen LogP) is -2.65. The Morgan fingerprint density at radius 2 is 1.82 bits per heavy atom. The molecule has 2 fully saturated rings. The highest BCUT2D eigenvalue weighted by Gasteiger charge is 2.33. The normalized spacial score (nSPS) is 20.1. The monoisotopic (exact) mass is 633 g/mol. The molecule has 2 aliphatic rings. The summed E-state index contributed by atoms with van der Waals surface area (Å²) in [6, 6.07) is 4.76. The van der Waals surface area contributed by atoms with E-state index in [1.54, 1.807) is 29.2 Å². The number of nitrogens with one attached hydrogen (secondary N) is 5. The zero-order valence-electron chi connectivity index (χ0n) is 24.1. The molecule has 44 heavy (non-hydrogen) atoms. The highest BCUT2D eigenvalue weighted by atomic mass is 32.2. The number of hydrogen-bond acceptors (Lipinski definition) is 10. The number of tetrazole rings is 1. The van der Waals surface area contributed by atoms with Crippen molar-refractivity contribution in [3.63, 3.8) is 0 Å². The van der Waals surface area contributed by atoms with Crippen LogP contribution >= 0.6 is 0 Å². The lowest BCUT2D eigenvalue weighted by molar-refractivity contribution is -0.128. The van der Waals surface area contributed by atoms with E-state index in [1.165, 1.54) is 16.0 Å². The number of guanidine groups is 2. The molecule has 1 aromatic heterocycles. The van der Waals surface area contributed by atoms with Gasteiger partial charge in [-0.1, -0.05) is 18.2 Å². The van der Waals surface area contributed by atoms with E-state index in [9.17, 15) is 23.1 Å². The number of benzene rings is 1. The van der Waals surface area contributed by atoms with Gasteiger partial charge in [0, 0.05) is 19.6 Å². The van der Waals surface area contributed by atoms with Crippen LogP contribution in [-0.4, -0.2) is 112 Å². The van der Waals surface area contributed by atoms with E-state index in [2.05, 4.69) is 30.8 Å². The summed E-state index contributed by atoms with van der Waals surface area (Å²) < 4.78 is 29.3. The quantitative estimate of drug-likeness (QED) is 0.0931. The van der Waals surface area contributed by atoms with Crippen LogP contribution in [0.5, 0.6) is 0 Å². The van der Waals surface area contributed by atoms with Gasteiger partial charge in [0.15, 0.2) is 18.2 Å². The molecule has 0 radical (unpaired) electrons. The number of carbonyl (C=O) groups is 2. The first-order valence-corrected chi connectivity index (χ1v) is 15.8. The molecule has 1 aromatic carbocycles. The molecule has 3 atom stereocenters. The molecule has 19 heteroatoms. The summed E-state index contributed by atoms with van der Waals surface area (Å²) in [6.45, 7) is 0.933. The molecule has 18 nitrogen and oxygen atoms in total. The second-order valence-corrected chi connectivity index (χ2v) is 12.6. The third kappa shape index (κ3) is 8.60. The second-order valence-electron chi connectivity index (χ2n) is 10.9. The summed E-state index contributed by atoms with van der Waals surface area (Å²) in [7, 11) is -4.09. The molecule has 1 unspecified atom stereocenters. The number of aliphatic hydroxyl groups excluding tert-OH is 1. The van der Waals surface area contributed by atoms with Gasteiger partial charge in [-0.3, -0.25) is 20.4 Å². The van der Waals surface area contributed by atoms with Crippen LogP contribution in [-0.2, 0) is 25.4 Å². The van der Waals surface area contributed by atoms with Crippen LogP contribution in [0, 0.1) is 16.7 Å². The summed E-state index contributed by atoms with van der Waals surface area (Å²) >= 11 is 0. The van der Waals surface area contributed by atoms with Gasteiger partial charge in [-0.2, -0.15) is 0 Å². The number of piperidine rings is 2. The van der Waals surface area contributed by atoms with E-state index in [-0.39, 0.29) is 24.3 Å². The van der Waals surface area contributed by atoms with E-state index in [1.807, 2.05) is 0 Å². The molecule has 2 saturated heterocycles. The summed E-state index contributed by atoms with van der Waals surface area (Å²) in [6.07, 6.45) is 2.45. The lowest BCUT2D eigenvalue weighted by Gasteiger charge is -2.38. The Kier molecular flexibility index (Phi) is 10.7. The molecule has 0 spiro atoms. The van der Waals surface area contributed by atoms with Crippen LogP contribution in [0.2, 0.25) is 0 Å². The summed E-state index contributed by atoms with van der Waals surface area (Å²) in [4.78, 5) is 30.2. The first kappa shape index (κ1) is 32.6. The fourth-order valence-electron chi connectivity index (χ4n) is 5.46. The van der Waals surface area contributed by atoms with Gasteiger partial charge in [0.05, 0.1) is 24.0 Å². The number of rotatable bonds is 11. The number of amides is 2. The van der Waals surface area contributed by atoms with Crippen molar-refractivity contribution < 1.29 is 23.1 Å². The van der Waals surface area contributed by atoms with E-state index in [0.717, 1.165) is 0 Å². The van der Waals surface area contributed by atoms with Gasteiger partial charge >= 0.3 is 0 Å². The molecule has 2 aliphatic heterocycles. The number of carbonyl (C=O) groups excluding carboxylic acids is 2. The average Bonchev–Trinajstić information content (AvgIpc) is 3.52. The molecule has 0 aliphatic carbocycles. The Bertz CT molecular complexity index is 1430. The molecule has 0 saturated carbocycles. The fraction of sp³-hybridized carbons (Fsp3) is 0.560. The standard InChI is InChI=1S/C25H39N13O5S/c26-24(27)36-10-7-16(8-11-36)12-19(22(40)30-13-21(39)33-18-5-3-9-37(23(18)41)25(28)29)34-44(42,43)14-17-4-1-2-6-20(17)38-32-15-31-35-38/h1-2,4,6,15-16,18-19,23,34,41H,3,5,7-14H2,(H3,26,27)(H3,28,29)(H,30,40)(H,33,39)/t18-,19+,23?/m0/s1. The SMILES string of the molecule is N=C(N)N1CCC(C[C@@H](NS(=O)(=O)Cc2ccccc2-n2ncnn2)C(=O)NCC(=O)N[C@H]2CCCN(C(=N)N)C2O)CC1. The van der Waals surface area contributed by atoms with Gasteiger partial charge in [-0.15, -0.1) is 15.0 Å². The number of aromatic nitrogens is 4. The Hall–Kier alpha value is -4.36. The van der Waals surface area contributed by atoms with E-state index in [4.69, 9.17) is 22.3 Å². The maximum Gasteiger partial charge on any atom is 0.239 e. The van der Waals surface area contributed by atoms with Gasteiger partial charge in [0.1, 0.15) is 12.3 Å². The van der Waals surface area contributed by atoms with Gasteiger partial charge in [0.25, 0.3) is 0 Å². The largest absolute Gasteiger partial charge is 0.371 e. The molecule has 2 aromatic rings. The maximum absolute atomic E-state index is 13.4. The van der Waals surface area contributed by atoms with Gasteiger partial charge < -0.3 is 37.0 Å². The van der Waals surface area contributed by atoms with Crippen LogP contribution in [0.25, 0.3) is 5.69 Å². The van der Waals surface area contributed by atoms with Crippen LogP contribution in [0.15, 0.2) is 30.6 Å². The molecule has 0 bridgehead atoms.